The summed E-state index contributed by atoms with van der Waals surface area (Å²) in [5, 5.41) is 9.50. The Labute approximate surface area is 155 Å². The van der Waals surface area contributed by atoms with Gasteiger partial charge < -0.3 is 10.8 Å². The second-order valence-electron chi connectivity index (χ2n) is 5.85. The summed E-state index contributed by atoms with van der Waals surface area (Å²) in [4.78, 5) is 37.7. The fraction of sp³-hybridized carbons (Fsp3) is 0.211. The van der Waals surface area contributed by atoms with Crippen LogP contribution < -0.4 is 5.73 Å². The van der Waals surface area contributed by atoms with Crippen molar-refractivity contribution >= 4 is 29.5 Å². The summed E-state index contributed by atoms with van der Waals surface area (Å²) in [6.45, 7) is 0.323. The van der Waals surface area contributed by atoms with E-state index in [1.165, 1.54) is 23.9 Å². The fourth-order valence-electron chi connectivity index (χ4n) is 2.92. The minimum absolute atomic E-state index is 0.0670. The van der Waals surface area contributed by atoms with Crippen molar-refractivity contribution in [2.75, 3.05) is 12.3 Å². The molecule has 3 N–H and O–H groups in total. The lowest BCUT2D eigenvalue weighted by atomic mass is 10.1. The largest absolute Gasteiger partial charge is 0.480 e. The van der Waals surface area contributed by atoms with E-state index in [2.05, 4.69) is 0 Å². The van der Waals surface area contributed by atoms with Gasteiger partial charge in [-0.1, -0.05) is 42.5 Å². The molecule has 0 fully saturated rings. The molecule has 7 heteroatoms. The Morgan fingerprint density at radius 2 is 1.54 bits per heavy atom. The number of nitrogens with zero attached hydrogens (tertiary/aromatic N) is 1. The maximum atomic E-state index is 12.5. The van der Waals surface area contributed by atoms with E-state index in [4.69, 9.17) is 5.73 Å². The molecule has 0 aromatic heterocycles. The summed E-state index contributed by atoms with van der Waals surface area (Å²) in [5.41, 5.74) is 7.29. The number of rotatable bonds is 7. The average molecular weight is 370 g/mol. The molecular weight excluding hydrogens is 352 g/mol. The molecular formula is C19H18N2O4S. The first-order valence-electron chi connectivity index (χ1n) is 8.11. The van der Waals surface area contributed by atoms with E-state index < -0.39 is 23.8 Å². The Morgan fingerprint density at radius 1 is 1.00 bits per heavy atom. The zero-order valence-electron chi connectivity index (χ0n) is 13.9. The molecule has 2 atom stereocenters. The molecule has 26 heavy (non-hydrogen) atoms. The van der Waals surface area contributed by atoms with Crippen LogP contribution in [0.4, 0.5) is 0 Å². The van der Waals surface area contributed by atoms with E-state index in [0.29, 0.717) is 6.54 Å². The van der Waals surface area contributed by atoms with Gasteiger partial charge in [-0.15, -0.1) is 11.8 Å². The lowest BCUT2D eigenvalue weighted by molar-refractivity contribution is -0.140. The molecule has 1 aliphatic heterocycles. The summed E-state index contributed by atoms with van der Waals surface area (Å²) in [6, 6.07) is 14.6. The van der Waals surface area contributed by atoms with Crippen LogP contribution in [0.25, 0.3) is 0 Å². The number of fused-ring (bicyclic) bond motifs is 1. The van der Waals surface area contributed by atoms with Crippen LogP contribution in [-0.4, -0.2) is 46.1 Å². The highest BCUT2D eigenvalue weighted by atomic mass is 32.2. The maximum absolute atomic E-state index is 12.5. The van der Waals surface area contributed by atoms with Gasteiger partial charge in [0.15, 0.2) is 0 Å². The molecule has 0 spiro atoms. The lowest BCUT2D eigenvalue weighted by Gasteiger charge is -2.24. The van der Waals surface area contributed by atoms with E-state index >= 15 is 0 Å². The normalized spacial score (nSPS) is 15.7. The third-order valence-corrected chi connectivity index (χ3v) is 5.64. The van der Waals surface area contributed by atoms with Crippen molar-refractivity contribution in [3.05, 3.63) is 71.3 Å². The summed E-state index contributed by atoms with van der Waals surface area (Å²) in [5.74, 6) is -2.28. The quantitative estimate of drug-likeness (QED) is 0.725. The van der Waals surface area contributed by atoms with Crippen LogP contribution >= 0.6 is 11.8 Å². The van der Waals surface area contributed by atoms with Gasteiger partial charge in [-0.25, -0.2) is 4.79 Å². The molecule has 0 saturated carbocycles. The molecule has 0 bridgehead atoms. The Morgan fingerprint density at radius 3 is 2.04 bits per heavy atom. The average Bonchev–Trinajstić information content (AvgIpc) is 2.91. The second-order valence-corrected chi connectivity index (χ2v) is 7.08. The lowest BCUT2D eigenvalue weighted by Crippen LogP contribution is -2.46. The van der Waals surface area contributed by atoms with Gasteiger partial charge in [0.25, 0.3) is 11.8 Å². The summed E-state index contributed by atoms with van der Waals surface area (Å²) in [6.07, 6.45) is 0. The van der Waals surface area contributed by atoms with Crippen LogP contribution in [0.5, 0.6) is 0 Å². The van der Waals surface area contributed by atoms with E-state index in [1.54, 1.807) is 12.1 Å². The zero-order chi connectivity index (χ0) is 18.7. The number of carbonyl (C=O) groups is 3. The number of benzene rings is 2. The van der Waals surface area contributed by atoms with Gasteiger partial charge in [0.2, 0.25) is 0 Å². The van der Waals surface area contributed by atoms with Crippen LogP contribution in [0.15, 0.2) is 54.6 Å². The molecule has 3 rings (SSSR count). The van der Waals surface area contributed by atoms with Gasteiger partial charge in [-0.05, 0) is 17.7 Å². The number of hydrogen-bond acceptors (Lipinski definition) is 5. The molecule has 1 heterocycles. The molecule has 2 aromatic rings. The highest BCUT2D eigenvalue weighted by molar-refractivity contribution is 7.99. The standard InChI is InChI=1S/C19H18N2O4S/c20-10-16(12-6-2-1-3-7-12)26-11-15(19(24)25)21-17(22)13-8-4-5-9-14(13)18(21)23/h1-9,15-16H,10-11,20H2,(H,24,25)/t15-,16?/m0/s1. The molecule has 1 aliphatic rings. The van der Waals surface area contributed by atoms with Crippen LogP contribution in [-0.2, 0) is 4.79 Å². The first-order chi connectivity index (χ1) is 12.5. The third kappa shape index (κ3) is 3.36. The van der Waals surface area contributed by atoms with E-state index in [1.807, 2.05) is 30.3 Å². The first kappa shape index (κ1) is 18.2. The summed E-state index contributed by atoms with van der Waals surface area (Å²) < 4.78 is 0. The Kier molecular flexibility index (Phi) is 5.39. The van der Waals surface area contributed by atoms with Crippen molar-refractivity contribution in [2.24, 2.45) is 5.73 Å². The van der Waals surface area contributed by atoms with Gasteiger partial charge in [0, 0.05) is 17.5 Å². The van der Waals surface area contributed by atoms with Gasteiger partial charge >= 0.3 is 5.97 Å². The van der Waals surface area contributed by atoms with E-state index in [-0.39, 0.29) is 22.1 Å². The van der Waals surface area contributed by atoms with Gasteiger partial charge in [-0.3, -0.25) is 14.5 Å². The first-order valence-corrected chi connectivity index (χ1v) is 9.15. The van der Waals surface area contributed by atoms with Crippen molar-refractivity contribution in [2.45, 2.75) is 11.3 Å². The zero-order valence-corrected chi connectivity index (χ0v) is 14.7. The van der Waals surface area contributed by atoms with E-state index in [9.17, 15) is 19.5 Å². The highest BCUT2D eigenvalue weighted by Gasteiger charge is 2.42. The molecule has 0 saturated heterocycles. The third-order valence-electron chi connectivity index (χ3n) is 4.26. The van der Waals surface area contributed by atoms with Crippen molar-refractivity contribution in [1.82, 2.24) is 4.90 Å². The van der Waals surface area contributed by atoms with Crippen LogP contribution in [0.3, 0.4) is 0 Å². The number of amides is 2. The van der Waals surface area contributed by atoms with Crippen molar-refractivity contribution < 1.29 is 19.5 Å². The van der Waals surface area contributed by atoms with Gasteiger partial charge in [0.05, 0.1) is 11.1 Å². The smallest absolute Gasteiger partial charge is 0.327 e. The fourth-order valence-corrected chi connectivity index (χ4v) is 4.11. The molecule has 0 aliphatic carbocycles. The number of aliphatic carboxylic acids is 1. The van der Waals surface area contributed by atoms with Crippen LogP contribution in [0.2, 0.25) is 0 Å². The van der Waals surface area contributed by atoms with Crippen molar-refractivity contribution in [3.63, 3.8) is 0 Å². The predicted octanol–water partition coefficient (Wildman–Crippen LogP) is 2.17. The number of nitrogens with two attached hydrogens (primary N) is 1. The van der Waals surface area contributed by atoms with E-state index in [0.717, 1.165) is 10.5 Å². The van der Waals surface area contributed by atoms with Crippen LogP contribution in [0.1, 0.15) is 31.5 Å². The number of carbonyl (C=O) groups excluding carboxylic acids is 2. The number of hydrogen-bond donors (Lipinski definition) is 2. The minimum Gasteiger partial charge on any atom is -0.480 e. The number of carboxylic acid groups (broad SMARTS) is 1. The van der Waals surface area contributed by atoms with Crippen LogP contribution in [0, 0.1) is 0 Å². The Bertz CT molecular complexity index is 805. The van der Waals surface area contributed by atoms with Crippen molar-refractivity contribution in [1.29, 1.82) is 0 Å². The second kappa shape index (κ2) is 7.72. The molecule has 134 valence electrons. The minimum atomic E-state index is -1.25. The predicted molar refractivity (Wildman–Crippen MR) is 99.1 cm³/mol. The number of carboxylic acids is 1. The summed E-state index contributed by atoms with van der Waals surface area (Å²) in [7, 11) is 0. The van der Waals surface area contributed by atoms with Crippen molar-refractivity contribution in [3.8, 4) is 0 Å². The molecule has 1 unspecified atom stereocenters. The Balaban J connectivity index is 1.79. The number of thioether (sulfide) groups is 1. The monoisotopic (exact) mass is 370 g/mol. The summed E-state index contributed by atoms with van der Waals surface area (Å²) >= 11 is 1.33. The highest BCUT2D eigenvalue weighted by Crippen LogP contribution is 2.31. The molecule has 2 aromatic carbocycles. The van der Waals surface area contributed by atoms with Gasteiger partial charge in [-0.2, -0.15) is 0 Å². The topological polar surface area (TPSA) is 101 Å². The molecule has 2 amide bonds. The molecule has 0 radical (unpaired) electrons. The maximum Gasteiger partial charge on any atom is 0.327 e. The Hall–Kier alpha value is -2.64. The number of imide groups is 1. The molecule has 6 nitrogen and oxygen atoms in total. The SMILES string of the molecule is NCC(SC[C@@H](C(=O)O)N1C(=O)c2ccccc2C1=O)c1ccccc1. The van der Waals surface area contributed by atoms with Gasteiger partial charge in [0.1, 0.15) is 6.04 Å².